The van der Waals surface area contributed by atoms with Crippen LogP contribution in [-0.4, -0.2) is 34.8 Å². The maximum absolute atomic E-state index is 13.3. The van der Waals surface area contributed by atoms with Gasteiger partial charge < -0.3 is 10.2 Å². The Kier molecular flexibility index (Phi) is 6.21. The fourth-order valence-corrected chi connectivity index (χ4v) is 3.59. The predicted molar refractivity (Wildman–Crippen MR) is 105 cm³/mol. The number of pyridine rings is 1. The SMILES string of the molecule is Cc1ccnc(NC(=O)C2CCN(C(=O)Cc3ccc(F)c(Br)c3)CC2)c1. The van der Waals surface area contributed by atoms with E-state index in [0.29, 0.717) is 36.2 Å². The van der Waals surface area contributed by atoms with E-state index in [1.54, 1.807) is 23.2 Å². The Balaban J connectivity index is 1.51. The number of nitrogens with zero attached hydrogens (tertiary/aromatic N) is 2. The average Bonchev–Trinajstić information content (AvgIpc) is 2.65. The minimum atomic E-state index is -0.346. The van der Waals surface area contributed by atoms with Crippen LogP contribution in [0.15, 0.2) is 41.0 Å². The van der Waals surface area contributed by atoms with Gasteiger partial charge in [0.1, 0.15) is 11.6 Å². The van der Waals surface area contributed by atoms with Gasteiger partial charge in [0.2, 0.25) is 11.8 Å². The zero-order chi connectivity index (χ0) is 19.4. The van der Waals surface area contributed by atoms with Gasteiger partial charge in [0.15, 0.2) is 0 Å². The molecule has 1 aliphatic rings. The molecule has 1 aromatic carbocycles. The van der Waals surface area contributed by atoms with Gasteiger partial charge in [-0.15, -0.1) is 0 Å². The van der Waals surface area contributed by atoms with E-state index in [4.69, 9.17) is 0 Å². The van der Waals surface area contributed by atoms with Crippen LogP contribution in [0.4, 0.5) is 10.2 Å². The topological polar surface area (TPSA) is 62.3 Å². The molecule has 7 heteroatoms. The van der Waals surface area contributed by atoms with Crippen LogP contribution in [0.3, 0.4) is 0 Å². The van der Waals surface area contributed by atoms with Crippen LogP contribution >= 0.6 is 15.9 Å². The van der Waals surface area contributed by atoms with Gasteiger partial charge in [-0.05, 0) is 71.1 Å². The maximum atomic E-state index is 13.3. The van der Waals surface area contributed by atoms with Crippen LogP contribution in [0.1, 0.15) is 24.0 Å². The van der Waals surface area contributed by atoms with Crippen molar-refractivity contribution in [2.75, 3.05) is 18.4 Å². The first-order valence-corrected chi connectivity index (χ1v) is 9.67. The van der Waals surface area contributed by atoms with Crippen molar-refractivity contribution in [2.45, 2.75) is 26.2 Å². The normalized spacial score (nSPS) is 14.9. The Morgan fingerprint density at radius 2 is 2.00 bits per heavy atom. The minimum absolute atomic E-state index is 0.00674. The summed E-state index contributed by atoms with van der Waals surface area (Å²) in [5.41, 5.74) is 1.80. The number of piperidine rings is 1. The summed E-state index contributed by atoms with van der Waals surface area (Å²) in [6.07, 6.45) is 3.13. The highest BCUT2D eigenvalue weighted by Gasteiger charge is 2.27. The standard InChI is InChI=1S/C20H21BrFN3O2/c1-13-4-7-23-18(10-13)24-20(27)15-5-8-25(9-6-15)19(26)12-14-2-3-17(22)16(21)11-14/h2-4,7,10-11,15H,5-6,8-9,12H2,1H3,(H,23,24,27). The number of aryl methyl sites for hydroxylation is 1. The number of likely N-dealkylation sites (tertiary alicyclic amines) is 1. The number of hydrogen-bond acceptors (Lipinski definition) is 3. The Labute approximate surface area is 166 Å². The van der Waals surface area contributed by atoms with Crippen LogP contribution in [0.2, 0.25) is 0 Å². The number of hydrogen-bond donors (Lipinski definition) is 1. The third-order valence-corrected chi connectivity index (χ3v) is 5.33. The summed E-state index contributed by atoms with van der Waals surface area (Å²) in [4.78, 5) is 30.8. The highest BCUT2D eigenvalue weighted by atomic mass is 79.9. The maximum Gasteiger partial charge on any atom is 0.228 e. The fourth-order valence-electron chi connectivity index (χ4n) is 3.16. The van der Waals surface area contributed by atoms with Crippen molar-refractivity contribution in [1.82, 2.24) is 9.88 Å². The van der Waals surface area contributed by atoms with E-state index in [0.717, 1.165) is 11.1 Å². The number of rotatable bonds is 4. The third-order valence-electron chi connectivity index (χ3n) is 4.72. The molecule has 142 valence electrons. The number of carbonyl (C=O) groups excluding carboxylic acids is 2. The van der Waals surface area contributed by atoms with Gasteiger partial charge in [0, 0.05) is 25.2 Å². The highest BCUT2D eigenvalue weighted by Crippen LogP contribution is 2.21. The van der Waals surface area contributed by atoms with E-state index in [2.05, 4.69) is 26.2 Å². The largest absolute Gasteiger partial charge is 0.342 e. The smallest absolute Gasteiger partial charge is 0.228 e. The van der Waals surface area contributed by atoms with E-state index in [9.17, 15) is 14.0 Å². The molecule has 3 rings (SSSR count). The zero-order valence-electron chi connectivity index (χ0n) is 15.0. The number of anilines is 1. The van der Waals surface area contributed by atoms with Crippen LogP contribution in [0, 0.1) is 18.7 Å². The molecule has 1 saturated heterocycles. The molecular formula is C20H21BrFN3O2. The molecule has 0 unspecified atom stereocenters. The minimum Gasteiger partial charge on any atom is -0.342 e. The molecule has 0 atom stereocenters. The van der Waals surface area contributed by atoms with Gasteiger partial charge >= 0.3 is 0 Å². The number of benzene rings is 1. The lowest BCUT2D eigenvalue weighted by Crippen LogP contribution is -2.42. The van der Waals surface area contributed by atoms with Crippen molar-refractivity contribution in [3.8, 4) is 0 Å². The summed E-state index contributed by atoms with van der Waals surface area (Å²) in [5.74, 6) is 0.0215. The molecule has 1 aromatic heterocycles. The van der Waals surface area contributed by atoms with Crippen LogP contribution < -0.4 is 5.32 Å². The third kappa shape index (κ3) is 5.13. The molecule has 0 spiro atoms. The monoisotopic (exact) mass is 433 g/mol. The summed E-state index contributed by atoms with van der Waals surface area (Å²) in [6.45, 7) is 3.03. The summed E-state index contributed by atoms with van der Waals surface area (Å²) in [6, 6.07) is 8.30. The summed E-state index contributed by atoms with van der Waals surface area (Å²) < 4.78 is 13.7. The van der Waals surface area contributed by atoms with Gasteiger partial charge in [-0.25, -0.2) is 9.37 Å². The van der Waals surface area contributed by atoms with Gasteiger partial charge in [0.05, 0.1) is 10.9 Å². The van der Waals surface area contributed by atoms with Crippen molar-refractivity contribution in [3.63, 3.8) is 0 Å². The van der Waals surface area contributed by atoms with E-state index >= 15 is 0 Å². The van der Waals surface area contributed by atoms with Crippen LogP contribution in [0.5, 0.6) is 0 Å². The molecular weight excluding hydrogens is 413 g/mol. The molecule has 1 fully saturated rings. The first-order chi connectivity index (χ1) is 12.9. The van der Waals surface area contributed by atoms with E-state index in [1.165, 1.54) is 6.07 Å². The molecule has 0 bridgehead atoms. The first kappa shape index (κ1) is 19.5. The fraction of sp³-hybridized carbons (Fsp3) is 0.350. The van der Waals surface area contributed by atoms with Crippen molar-refractivity contribution >= 4 is 33.6 Å². The van der Waals surface area contributed by atoms with Gasteiger partial charge in [-0.3, -0.25) is 9.59 Å². The molecule has 2 amide bonds. The second-order valence-corrected chi connectivity index (χ2v) is 7.64. The molecule has 0 radical (unpaired) electrons. The molecule has 27 heavy (non-hydrogen) atoms. The van der Waals surface area contributed by atoms with E-state index in [1.807, 2.05) is 19.1 Å². The lowest BCUT2D eigenvalue weighted by molar-refractivity contribution is -0.133. The molecule has 1 aliphatic heterocycles. The number of nitrogens with one attached hydrogen (secondary N) is 1. The first-order valence-electron chi connectivity index (χ1n) is 8.87. The molecule has 2 heterocycles. The zero-order valence-corrected chi connectivity index (χ0v) is 16.6. The number of halogens is 2. The quantitative estimate of drug-likeness (QED) is 0.798. The van der Waals surface area contributed by atoms with Crippen molar-refractivity contribution in [3.05, 3.63) is 57.9 Å². The second-order valence-electron chi connectivity index (χ2n) is 6.79. The van der Waals surface area contributed by atoms with E-state index in [-0.39, 0.29) is 30.0 Å². The van der Waals surface area contributed by atoms with Crippen LogP contribution in [-0.2, 0) is 16.0 Å². The molecule has 0 aliphatic carbocycles. The average molecular weight is 434 g/mol. The van der Waals surface area contributed by atoms with Crippen molar-refractivity contribution in [1.29, 1.82) is 0 Å². The molecule has 1 N–H and O–H groups in total. The summed E-state index contributed by atoms with van der Waals surface area (Å²) in [5, 5.41) is 2.85. The second kappa shape index (κ2) is 8.61. The Bertz CT molecular complexity index is 851. The highest BCUT2D eigenvalue weighted by molar-refractivity contribution is 9.10. The van der Waals surface area contributed by atoms with Crippen molar-refractivity contribution in [2.24, 2.45) is 5.92 Å². The van der Waals surface area contributed by atoms with Gasteiger partial charge in [0.25, 0.3) is 0 Å². The number of carbonyl (C=O) groups is 2. The lowest BCUT2D eigenvalue weighted by atomic mass is 9.95. The Morgan fingerprint density at radius 1 is 1.26 bits per heavy atom. The summed E-state index contributed by atoms with van der Waals surface area (Å²) >= 11 is 3.14. The Morgan fingerprint density at radius 3 is 2.67 bits per heavy atom. The number of amides is 2. The van der Waals surface area contributed by atoms with Gasteiger partial charge in [-0.1, -0.05) is 6.07 Å². The van der Waals surface area contributed by atoms with Crippen LogP contribution in [0.25, 0.3) is 0 Å². The van der Waals surface area contributed by atoms with Gasteiger partial charge in [-0.2, -0.15) is 0 Å². The molecule has 0 saturated carbocycles. The molecule has 2 aromatic rings. The van der Waals surface area contributed by atoms with E-state index < -0.39 is 0 Å². The molecule has 5 nitrogen and oxygen atoms in total. The predicted octanol–water partition coefficient (Wildman–Crippen LogP) is 3.71. The van der Waals surface area contributed by atoms with Crippen molar-refractivity contribution < 1.29 is 14.0 Å². The number of aromatic nitrogens is 1. The summed E-state index contributed by atoms with van der Waals surface area (Å²) in [7, 11) is 0. The Hall–Kier alpha value is -2.28. The lowest BCUT2D eigenvalue weighted by Gasteiger charge is -2.31.